The van der Waals surface area contributed by atoms with Gasteiger partial charge in [0, 0.05) is 12.5 Å². The van der Waals surface area contributed by atoms with Gasteiger partial charge in [0.15, 0.2) is 0 Å². The third-order valence-electron chi connectivity index (χ3n) is 5.35. The third kappa shape index (κ3) is 4.44. The fourth-order valence-electron chi connectivity index (χ4n) is 3.95. The Morgan fingerprint density at radius 1 is 1.08 bits per heavy atom. The Labute approximate surface area is 156 Å². The molecule has 0 heterocycles. The number of aromatic hydroxyl groups is 1. The van der Waals surface area contributed by atoms with Crippen LogP contribution in [-0.2, 0) is 16.9 Å². The third-order valence-corrected chi connectivity index (χ3v) is 5.35. The van der Waals surface area contributed by atoms with Gasteiger partial charge in [-0.15, -0.1) is 0 Å². The molecule has 140 valence electrons. The van der Waals surface area contributed by atoms with Crippen LogP contribution in [0.2, 0.25) is 0 Å². The molecule has 0 aliphatic heterocycles. The zero-order valence-electron chi connectivity index (χ0n) is 15.6. The Kier molecular flexibility index (Phi) is 5.97. The van der Waals surface area contributed by atoms with Crippen LogP contribution in [0, 0.1) is 5.92 Å². The van der Waals surface area contributed by atoms with Gasteiger partial charge in [-0.25, -0.2) is 0 Å². The summed E-state index contributed by atoms with van der Waals surface area (Å²) in [5, 5.41) is 21.0. The van der Waals surface area contributed by atoms with E-state index in [0.29, 0.717) is 13.0 Å². The Balaban J connectivity index is 1.71. The van der Waals surface area contributed by atoms with Crippen molar-refractivity contribution in [3.8, 4) is 5.75 Å². The quantitative estimate of drug-likeness (QED) is 0.832. The van der Waals surface area contributed by atoms with Crippen LogP contribution in [0.1, 0.15) is 30.4 Å². The van der Waals surface area contributed by atoms with E-state index in [1.165, 1.54) is 5.56 Å². The Bertz CT molecular complexity index is 686. The maximum atomic E-state index is 11.5. The van der Waals surface area contributed by atoms with Crippen molar-refractivity contribution < 1.29 is 14.9 Å². The number of phenols is 1. The summed E-state index contributed by atoms with van der Waals surface area (Å²) in [6.07, 6.45) is 2.46. The number of hydrogen-bond acceptors (Lipinski definition) is 4. The summed E-state index contributed by atoms with van der Waals surface area (Å²) in [5.41, 5.74) is 1.17. The normalized spacial score (nSPS) is 26.2. The van der Waals surface area contributed by atoms with Crippen LogP contribution in [0.3, 0.4) is 0 Å². The van der Waals surface area contributed by atoms with Crippen LogP contribution < -0.4 is 0 Å². The Morgan fingerprint density at radius 2 is 1.77 bits per heavy atom. The lowest BCUT2D eigenvalue weighted by molar-refractivity contribution is -0.110. The molecule has 3 atom stereocenters. The molecule has 26 heavy (non-hydrogen) atoms. The van der Waals surface area contributed by atoms with E-state index in [2.05, 4.69) is 17.0 Å². The second-order valence-corrected chi connectivity index (χ2v) is 7.62. The second-order valence-electron chi connectivity index (χ2n) is 7.62. The molecule has 2 aromatic rings. The van der Waals surface area contributed by atoms with E-state index in [1.54, 1.807) is 12.1 Å². The van der Waals surface area contributed by atoms with Gasteiger partial charge in [0.05, 0.1) is 18.3 Å². The van der Waals surface area contributed by atoms with Crippen LogP contribution in [0.5, 0.6) is 5.75 Å². The molecular weight excluding hydrogens is 326 g/mol. The van der Waals surface area contributed by atoms with Crippen LogP contribution >= 0.6 is 0 Å². The lowest BCUT2D eigenvalue weighted by atomic mass is 9.70. The van der Waals surface area contributed by atoms with Crippen molar-refractivity contribution in [1.29, 1.82) is 0 Å². The van der Waals surface area contributed by atoms with Gasteiger partial charge in [0.2, 0.25) is 0 Å². The summed E-state index contributed by atoms with van der Waals surface area (Å²) in [6.45, 7) is 1.40. The molecular formula is C22H29NO3. The number of benzene rings is 2. The standard InChI is InChI=1S/C22H29NO3/c1-23(2)15-19-14-21(26-16-17-6-4-3-5-7-17)12-13-22(19,25)18-8-10-20(24)11-9-18/h3-11,19,21,24-25H,12-16H2,1-2H3. The van der Waals surface area contributed by atoms with Gasteiger partial charge < -0.3 is 19.8 Å². The molecule has 4 heteroatoms. The number of nitrogens with zero attached hydrogens (tertiary/aromatic N) is 1. The van der Waals surface area contributed by atoms with Crippen LogP contribution in [0.25, 0.3) is 0 Å². The molecule has 3 rings (SSSR count). The zero-order valence-corrected chi connectivity index (χ0v) is 15.6. The van der Waals surface area contributed by atoms with Crippen LogP contribution in [0.4, 0.5) is 0 Å². The summed E-state index contributed by atoms with van der Waals surface area (Å²) >= 11 is 0. The summed E-state index contributed by atoms with van der Waals surface area (Å²) in [5.74, 6) is 0.304. The average molecular weight is 355 g/mol. The largest absolute Gasteiger partial charge is 0.508 e. The SMILES string of the molecule is CN(C)CC1CC(OCc2ccccc2)CCC1(O)c1ccc(O)cc1. The molecule has 1 aliphatic carbocycles. The Hall–Kier alpha value is -1.88. The molecule has 0 bridgehead atoms. The zero-order chi connectivity index (χ0) is 18.6. The van der Waals surface area contributed by atoms with Gasteiger partial charge >= 0.3 is 0 Å². The van der Waals surface area contributed by atoms with E-state index >= 15 is 0 Å². The van der Waals surface area contributed by atoms with Gasteiger partial charge in [-0.3, -0.25) is 0 Å². The van der Waals surface area contributed by atoms with Crippen molar-refractivity contribution in [2.45, 2.75) is 37.6 Å². The fourth-order valence-corrected chi connectivity index (χ4v) is 3.95. The molecule has 0 spiro atoms. The number of rotatable bonds is 6. The van der Waals surface area contributed by atoms with Crippen molar-refractivity contribution >= 4 is 0 Å². The topological polar surface area (TPSA) is 52.9 Å². The maximum Gasteiger partial charge on any atom is 0.115 e. The lowest BCUT2D eigenvalue weighted by Gasteiger charge is -2.44. The minimum atomic E-state index is -0.884. The lowest BCUT2D eigenvalue weighted by Crippen LogP contribution is -2.46. The van der Waals surface area contributed by atoms with Gasteiger partial charge in [-0.05, 0) is 56.6 Å². The summed E-state index contributed by atoms with van der Waals surface area (Å²) in [7, 11) is 4.07. The van der Waals surface area contributed by atoms with Crippen molar-refractivity contribution in [3.05, 3.63) is 65.7 Å². The van der Waals surface area contributed by atoms with Crippen LogP contribution in [-0.4, -0.2) is 41.9 Å². The average Bonchev–Trinajstić information content (AvgIpc) is 2.63. The first kappa shape index (κ1) is 18.9. The summed E-state index contributed by atoms with van der Waals surface area (Å²) < 4.78 is 6.16. The van der Waals surface area contributed by atoms with E-state index in [0.717, 1.165) is 24.9 Å². The molecule has 1 aliphatic rings. The first-order valence-corrected chi connectivity index (χ1v) is 9.29. The minimum absolute atomic E-state index is 0.0802. The first-order chi connectivity index (χ1) is 12.5. The number of aliphatic hydroxyl groups is 1. The minimum Gasteiger partial charge on any atom is -0.508 e. The predicted molar refractivity (Wildman–Crippen MR) is 103 cm³/mol. The van der Waals surface area contributed by atoms with Gasteiger partial charge in [0.25, 0.3) is 0 Å². The summed E-state index contributed by atoms with van der Waals surface area (Å²) in [4.78, 5) is 2.12. The van der Waals surface area contributed by atoms with Gasteiger partial charge in [-0.1, -0.05) is 42.5 Å². The van der Waals surface area contributed by atoms with E-state index in [-0.39, 0.29) is 17.8 Å². The monoisotopic (exact) mass is 355 g/mol. The van der Waals surface area contributed by atoms with Crippen molar-refractivity contribution in [2.75, 3.05) is 20.6 Å². The number of phenolic OH excluding ortho intramolecular Hbond substituents is 1. The van der Waals surface area contributed by atoms with Crippen molar-refractivity contribution in [1.82, 2.24) is 4.90 Å². The second kappa shape index (κ2) is 8.21. The predicted octanol–water partition coefficient (Wildman–Crippen LogP) is 3.53. The molecule has 2 N–H and O–H groups in total. The Morgan fingerprint density at radius 3 is 2.42 bits per heavy atom. The highest BCUT2D eigenvalue weighted by molar-refractivity contribution is 5.31. The van der Waals surface area contributed by atoms with Gasteiger partial charge in [0.1, 0.15) is 5.75 Å². The molecule has 0 radical (unpaired) electrons. The first-order valence-electron chi connectivity index (χ1n) is 9.29. The summed E-state index contributed by atoms with van der Waals surface area (Å²) in [6, 6.07) is 17.2. The van der Waals surface area contributed by atoms with Crippen molar-refractivity contribution in [3.63, 3.8) is 0 Å². The molecule has 0 aromatic heterocycles. The van der Waals surface area contributed by atoms with E-state index in [1.807, 2.05) is 44.4 Å². The molecule has 1 saturated carbocycles. The fraction of sp³-hybridized carbons (Fsp3) is 0.455. The molecule has 1 fully saturated rings. The molecule has 3 unspecified atom stereocenters. The molecule has 4 nitrogen and oxygen atoms in total. The maximum absolute atomic E-state index is 11.5. The molecule has 0 saturated heterocycles. The van der Waals surface area contributed by atoms with Crippen molar-refractivity contribution in [2.24, 2.45) is 5.92 Å². The molecule has 0 amide bonds. The highest BCUT2D eigenvalue weighted by Crippen LogP contribution is 2.43. The highest BCUT2D eigenvalue weighted by atomic mass is 16.5. The molecule has 2 aromatic carbocycles. The number of ether oxygens (including phenoxy) is 1. The number of hydrogen-bond donors (Lipinski definition) is 2. The smallest absolute Gasteiger partial charge is 0.115 e. The van der Waals surface area contributed by atoms with Gasteiger partial charge in [-0.2, -0.15) is 0 Å². The van der Waals surface area contributed by atoms with E-state index < -0.39 is 5.60 Å². The highest BCUT2D eigenvalue weighted by Gasteiger charge is 2.43. The van der Waals surface area contributed by atoms with E-state index in [4.69, 9.17) is 4.74 Å². The van der Waals surface area contributed by atoms with E-state index in [9.17, 15) is 10.2 Å². The van der Waals surface area contributed by atoms with Crippen LogP contribution in [0.15, 0.2) is 54.6 Å².